The van der Waals surface area contributed by atoms with Crippen LogP contribution in [0.25, 0.3) is 0 Å². The second-order valence-electron chi connectivity index (χ2n) is 10.3. The average Bonchev–Trinajstić information content (AvgIpc) is 2.93. The minimum atomic E-state index is -1.23. The van der Waals surface area contributed by atoms with Gasteiger partial charge in [-0.15, -0.1) is 0 Å². The van der Waals surface area contributed by atoms with Crippen LogP contribution in [-0.2, 0) is 14.4 Å². The van der Waals surface area contributed by atoms with Gasteiger partial charge in [-0.05, 0) is 49.9 Å². The predicted octanol–water partition coefficient (Wildman–Crippen LogP) is 5.21. The highest BCUT2D eigenvalue weighted by Gasteiger charge is 2.43. The van der Waals surface area contributed by atoms with Crippen LogP contribution in [0, 0.1) is 12.8 Å². The summed E-state index contributed by atoms with van der Waals surface area (Å²) in [5, 5.41) is 12.9. The first-order valence-electron chi connectivity index (χ1n) is 13.3. The molecule has 1 aliphatic heterocycles. The Morgan fingerprint density at radius 1 is 0.949 bits per heavy atom. The summed E-state index contributed by atoms with van der Waals surface area (Å²) in [5.74, 6) is -2.49. The first-order chi connectivity index (χ1) is 18.7. The van der Waals surface area contributed by atoms with Crippen LogP contribution in [-0.4, -0.2) is 57.9 Å². The minimum Gasteiger partial charge on any atom is -0.481 e. The van der Waals surface area contributed by atoms with Gasteiger partial charge in [-0.25, -0.2) is 0 Å². The monoisotopic (exact) mass is 573 g/mol. The van der Waals surface area contributed by atoms with E-state index in [1.165, 1.54) is 28.0 Å². The van der Waals surface area contributed by atoms with Crippen molar-refractivity contribution in [2.75, 3.05) is 13.1 Å². The van der Waals surface area contributed by atoms with Gasteiger partial charge in [0.2, 0.25) is 5.91 Å². The van der Waals surface area contributed by atoms with Gasteiger partial charge in [-0.3, -0.25) is 19.2 Å². The maximum Gasteiger partial charge on any atom is 0.305 e. The molecule has 0 bridgehead atoms. The maximum atomic E-state index is 14.0. The summed E-state index contributed by atoms with van der Waals surface area (Å²) < 4.78 is 0. The molecule has 0 spiro atoms. The van der Waals surface area contributed by atoms with Gasteiger partial charge in [0.15, 0.2) is 6.17 Å². The van der Waals surface area contributed by atoms with Crippen molar-refractivity contribution < 1.29 is 24.3 Å². The van der Waals surface area contributed by atoms with Gasteiger partial charge in [-0.1, -0.05) is 72.3 Å². The second-order valence-corrected chi connectivity index (χ2v) is 11.1. The minimum absolute atomic E-state index is 0.146. The number of nitrogens with one attached hydrogen (secondary N) is 1. The van der Waals surface area contributed by atoms with Crippen LogP contribution in [0.1, 0.15) is 72.5 Å². The van der Waals surface area contributed by atoms with Gasteiger partial charge >= 0.3 is 5.97 Å². The van der Waals surface area contributed by atoms with E-state index in [-0.39, 0.29) is 35.4 Å². The number of carbonyl (C=O) groups excluding carboxylic acids is 3. The fraction of sp³-hybridized carbons (Fsp3) is 0.448. The molecule has 2 fully saturated rings. The molecule has 2 atom stereocenters. The predicted molar refractivity (Wildman–Crippen MR) is 149 cm³/mol. The molecule has 8 nitrogen and oxygen atoms in total. The zero-order chi connectivity index (χ0) is 28.1. The summed E-state index contributed by atoms with van der Waals surface area (Å²) in [6, 6.07) is 10.9. The zero-order valence-electron chi connectivity index (χ0n) is 21.9. The van der Waals surface area contributed by atoms with Crippen molar-refractivity contribution in [3.63, 3.8) is 0 Å². The van der Waals surface area contributed by atoms with E-state index in [0.29, 0.717) is 23.6 Å². The average molecular weight is 575 g/mol. The number of carboxylic acid groups (broad SMARTS) is 1. The fourth-order valence-electron chi connectivity index (χ4n) is 5.49. The molecule has 2 aromatic carbocycles. The molecule has 1 saturated carbocycles. The first kappa shape index (κ1) is 28.9. The van der Waals surface area contributed by atoms with Crippen LogP contribution in [0.15, 0.2) is 42.5 Å². The van der Waals surface area contributed by atoms with E-state index in [1.807, 2.05) is 19.1 Å². The lowest BCUT2D eigenvalue weighted by molar-refractivity contribution is -0.153. The third kappa shape index (κ3) is 6.92. The number of hydrogen-bond donors (Lipinski definition) is 2. The Labute approximate surface area is 238 Å². The normalized spacial score (nSPS) is 18.9. The summed E-state index contributed by atoms with van der Waals surface area (Å²) in [5.41, 5.74) is 1.80. The molecule has 2 aromatic rings. The lowest BCUT2D eigenvalue weighted by Gasteiger charge is -2.44. The van der Waals surface area contributed by atoms with Crippen molar-refractivity contribution in [2.24, 2.45) is 5.92 Å². The number of aryl methyl sites for hydroxylation is 1. The summed E-state index contributed by atoms with van der Waals surface area (Å²) in [6.07, 6.45) is 3.39. The highest BCUT2D eigenvalue weighted by molar-refractivity contribution is 6.42. The Kier molecular flexibility index (Phi) is 9.51. The van der Waals surface area contributed by atoms with Gasteiger partial charge < -0.3 is 20.2 Å². The Morgan fingerprint density at radius 2 is 1.67 bits per heavy atom. The molecular weight excluding hydrogens is 541 g/mol. The number of carboxylic acids is 1. The number of carbonyl (C=O) groups is 4. The number of benzene rings is 2. The smallest absolute Gasteiger partial charge is 0.305 e. The Bertz CT molecular complexity index is 1250. The molecule has 10 heteroatoms. The quantitative estimate of drug-likeness (QED) is 0.472. The lowest BCUT2D eigenvalue weighted by atomic mass is 9.88. The van der Waals surface area contributed by atoms with Crippen molar-refractivity contribution in [1.29, 1.82) is 0 Å². The summed E-state index contributed by atoms with van der Waals surface area (Å²) in [7, 11) is 0. The molecule has 208 valence electrons. The van der Waals surface area contributed by atoms with Gasteiger partial charge in [0, 0.05) is 24.6 Å². The van der Waals surface area contributed by atoms with Crippen molar-refractivity contribution in [2.45, 2.75) is 64.1 Å². The van der Waals surface area contributed by atoms with E-state index >= 15 is 0 Å². The van der Waals surface area contributed by atoms with E-state index in [1.54, 1.807) is 12.1 Å². The molecule has 2 unspecified atom stereocenters. The standard InChI is InChI=1S/C29H33Cl2N3O5/c1-18-7-5-10-20(15-18)24(17-25(35)36)32-26(37)27-33(28(38)19-8-3-2-4-9-19)13-6-14-34(27)29(39)21-11-12-22(30)23(31)16-21/h5,7,10-12,15-16,19,24,27H,2-4,6,8-9,13-14,17H2,1H3,(H,32,37)(H,35,36). The molecule has 2 N–H and O–H groups in total. The summed E-state index contributed by atoms with van der Waals surface area (Å²) in [4.78, 5) is 56.0. The third-order valence-electron chi connectivity index (χ3n) is 7.43. The van der Waals surface area contributed by atoms with E-state index < -0.39 is 30.0 Å². The van der Waals surface area contributed by atoms with Gasteiger partial charge in [-0.2, -0.15) is 0 Å². The number of rotatable bonds is 7. The summed E-state index contributed by atoms with van der Waals surface area (Å²) in [6.45, 7) is 2.46. The first-order valence-corrected chi connectivity index (χ1v) is 14.1. The highest BCUT2D eigenvalue weighted by atomic mass is 35.5. The lowest BCUT2D eigenvalue weighted by Crippen LogP contribution is -2.64. The Balaban J connectivity index is 1.69. The van der Waals surface area contributed by atoms with Crippen molar-refractivity contribution in [1.82, 2.24) is 15.1 Å². The molecular formula is C29H33Cl2N3O5. The molecule has 39 heavy (non-hydrogen) atoms. The van der Waals surface area contributed by atoms with Crippen LogP contribution in [0.2, 0.25) is 10.0 Å². The molecule has 1 heterocycles. The largest absolute Gasteiger partial charge is 0.481 e. The number of aliphatic carboxylic acids is 1. The van der Waals surface area contributed by atoms with Crippen LogP contribution < -0.4 is 5.32 Å². The van der Waals surface area contributed by atoms with Crippen LogP contribution in [0.4, 0.5) is 0 Å². The van der Waals surface area contributed by atoms with Crippen molar-refractivity contribution >= 4 is 46.9 Å². The molecule has 1 aliphatic carbocycles. The molecule has 3 amide bonds. The summed E-state index contributed by atoms with van der Waals surface area (Å²) >= 11 is 12.2. The fourth-order valence-corrected chi connectivity index (χ4v) is 5.79. The van der Waals surface area contributed by atoms with E-state index in [0.717, 1.165) is 37.7 Å². The van der Waals surface area contributed by atoms with Crippen molar-refractivity contribution in [3.8, 4) is 0 Å². The van der Waals surface area contributed by atoms with Gasteiger partial charge in [0.1, 0.15) is 0 Å². The Morgan fingerprint density at radius 3 is 2.33 bits per heavy atom. The molecule has 2 aliphatic rings. The number of halogens is 2. The van der Waals surface area contributed by atoms with Crippen LogP contribution >= 0.6 is 23.2 Å². The number of nitrogens with zero attached hydrogens (tertiary/aromatic N) is 2. The van der Waals surface area contributed by atoms with Crippen molar-refractivity contribution in [3.05, 3.63) is 69.2 Å². The molecule has 4 rings (SSSR count). The van der Waals surface area contributed by atoms with Gasteiger partial charge in [0.05, 0.1) is 22.5 Å². The number of hydrogen-bond acceptors (Lipinski definition) is 4. The van der Waals surface area contributed by atoms with Gasteiger partial charge in [0.25, 0.3) is 11.8 Å². The molecule has 1 saturated heterocycles. The van der Waals surface area contributed by atoms with E-state index in [4.69, 9.17) is 23.2 Å². The highest BCUT2D eigenvalue weighted by Crippen LogP contribution is 2.30. The maximum absolute atomic E-state index is 14.0. The van der Waals surface area contributed by atoms with E-state index in [9.17, 15) is 24.3 Å². The topological polar surface area (TPSA) is 107 Å². The van der Waals surface area contributed by atoms with E-state index in [2.05, 4.69) is 5.32 Å². The third-order valence-corrected chi connectivity index (χ3v) is 8.17. The SMILES string of the molecule is Cc1cccc(C(CC(=O)O)NC(=O)C2N(C(=O)c3ccc(Cl)c(Cl)c3)CCCN2C(=O)C2CCCCC2)c1. The molecule has 0 aromatic heterocycles. The Hall–Kier alpha value is -3.10. The second kappa shape index (κ2) is 12.8. The van der Waals surface area contributed by atoms with Crippen LogP contribution in [0.3, 0.4) is 0 Å². The zero-order valence-corrected chi connectivity index (χ0v) is 23.4. The van der Waals surface area contributed by atoms with Crippen LogP contribution in [0.5, 0.6) is 0 Å². The molecule has 0 radical (unpaired) electrons. The number of amides is 3.